The number of aromatic hydroxyl groups is 1. The minimum atomic E-state index is -0.931. The largest absolute Gasteiger partial charge is 0.501 e. The van der Waals surface area contributed by atoms with Crippen molar-refractivity contribution in [3.8, 4) is 11.4 Å². The predicted molar refractivity (Wildman–Crippen MR) is 115 cm³/mol. The Balaban J connectivity index is 1.62. The summed E-state index contributed by atoms with van der Waals surface area (Å²) in [6.07, 6.45) is 1.24. The van der Waals surface area contributed by atoms with E-state index in [1.54, 1.807) is 13.8 Å². The second-order valence-electron chi connectivity index (χ2n) is 8.00. The standard InChI is InChI=1S/C21H22FN7O5/c1-21(2)20-26-14(15(30)19(33)28(20)6-7-34-21)17(31)24-9-11-4-5-12(22)8-13(11)29-10-25-16(27-29)18(32)23-3/h4-5,8,10,30H,6-7,9H2,1-3H3,(H,23,32)(H,24,31). The van der Waals surface area contributed by atoms with Crippen molar-refractivity contribution >= 4 is 11.8 Å². The van der Waals surface area contributed by atoms with Crippen LogP contribution in [0.2, 0.25) is 0 Å². The second kappa shape index (κ2) is 8.67. The van der Waals surface area contributed by atoms with Gasteiger partial charge in [0, 0.05) is 13.6 Å². The maximum absolute atomic E-state index is 13.9. The van der Waals surface area contributed by atoms with Gasteiger partial charge in [-0.05, 0) is 31.5 Å². The molecule has 3 aromatic rings. The summed E-state index contributed by atoms with van der Waals surface area (Å²) in [5.41, 5.74) is -1.44. The Hall–Kier alpha value is -4.13. The van der Waals surface area contributed by atoms with Crippen LogP contribution in [0, 0.1) is 5.82 Å². The first-order valence-electron chi connectivity index (χ1n) is 10.3. The van der Waals surface area contributed by atoms with Crippen molar-refractivity contribution in [3.63, 3.8) is 0 Å². The maximum Gasteiger partial charge on any atom is 0.296 e. The SMILES string of the molecule is CNC(=O)c1ncn(-c2cc(F)ccc2CNC(=O)c2nc3n(c(=O)c2O)CCOC3(C)C)n1. The summed E-state index contributed by atoms with van der Waals surface area (Å²) < 4.78 is 22.1. The highest BCUT2D eigenvalue weighted by Gasteiger charge is 2.34. The minimum Gasteiger partial charge on any atom is -0.501 e. The molecular formula is C21H22FN7O5. The van der Waals surface area contributed by atoms with Gasteiger partial charge in [-0.3, -0.25) is 19.0 Å². The number of benzene rings is 1. The molecule has 2 amide bonds. The Labute approximate surface area is 192 Å². The van der Waals surface area contributed by atoms with Gasteiger partial charge in [0.05, 0.1) is 18.8 Å². The summed E-state index contributed by atoms with van der Waals surface area (Å²) in [5, 5.41) is 19.3. The molecule has 3 heterocycles. The number of carbonyl (C=O) groups is 2. The van der Waals surface area contributed by atoms with Gasteiger partial charge >= 0.3 is 0 Å². The van der Waals surface area contributed by atoms with Gasteiger partial charge in [0.25, 0.3) is 17.4 Å². The van der Waals surface area contributed by atoms with Gasteiger partial charge < -0.3 is 20.5 Å². The number of fused-ring (bicyclic) bond motifs is 1. The van der Waals surface area contributed by atoms with E-state index in [0.717, 1.165) is 0 Å². The van der Waals surface area contributed by atoms with E-state index >= 15 is 0 Å². The van der Waals surface area contributed by atoms with Crippen LogP contribution < -0.4 is 16.2 Å². The average Bonchev–Trinajstić information content (AvgIpc) is 3.30. The molecule has 34 heavy (non-hydrogen) atoms. The van der Waals surface area contributed by atoms with Gasteiger partial charge in [-0.1, -0.05) is 6.07 Å². The summed E-state index contributed by atoms with van der Waals surface area (Å²) in [5.74, 6) is -2.55. The summed E-state index contributed by atoms with van der Waals surface area (Å²) in [7, 11) is 1.43. The van der Waals surface area contributed by atoms with Gasteiger partial charge in [0.15, 0.2) is 5.69 Å². The van der Waals surface area contributed by atoms with Crippen LogP contribution in [0.25, 0.3) is 5.69 Å². The molecular weight excluding hydrogens is 449 g/mol. The third-order valence-corrected chi connectivity index (χ3v) is 5.33. The molecule has 3 N–H and O–H groups in total. The molecule has 0 fully saturated rings. The maximum atomic E-state index is 13.9. The van der Waals surface area contributed by atoms with E-state index in [1.165, 1.54) is 40.8 Å². The number of hydrogen-bond donors (Lipinski definition) is 3. The van der Waals surface area contributed by atoms with E-state index < -0.39 is 40.2 Å². The minimum absolute atomic E-state index is 0.116. The number of amides is 2. The zero-order chi connectivity index (χ0) is 24.6. The van der Waals surface area contributed by atoms with E-state index in [9.17, 15) is 23.9 Å². The quantitative estimate of drug-likeness (QED) is 0.478. The lowest BCUT2D eigenvalue weighted by Crippen LogP contribution is -2.42. The Morgan fingerprint density at radius 1 is 1.29 bits per heavy atom. The summed E-state index contributed by atoms with van der Waals surface area (Å²) in [6.45, 7) is 3.76. The van der Waals surface area contributed by atoms with Crippen LogP contribution in [0.1, 0.15) is 46.3 Å². The van der Waals surface area contributed by atoms with Crippen LogP contribution in [0.4, 0.5) is 4.39 Å². The van der Waals surface area contributed by atoms with Crippen molar-refractivity contribution < 1.29 is 23.8 Å². The van der Waals surface area contributed by atoms with Crippen molar-refractivity contribution in [2.24, 2.45) is 0 Å². The van der Waals surface area contributed by atoms with Crippen LogP contribution in [-0.2, 0) is 23.4 Å². The van der Waals surface area contributed by atoms with E-state index in [2.05, 4.69) is 25.7 Å². The van der Waals surface area contributed by atoms with Crippen molar-refractivity contribution in [1.82, 2.24) is 34.9 Å². The lowest BCUT2D eigenvalue weighted by Gasteiger charge is -2.32. The fourth-order valence-electron chi connectivity index (χ4n) is 3.58. The molecule has 12 nitrogen and oxygen atoms in total. The highest BCUT2D eigenvalue weighted by atomic mass is 19.1. The molecule has 0 unspecified atom stereocenters. The summed E-state index contributed by atoms with van der Waals surface area (Å²) in [4.78, 5) is 45.3. The molecule has 0 bridgehead atoms. The zero-order valence-electron chi connectivity index (χ0n) is 18.6. The van der Waals surface area contributed by atoms with Gasteiger partial charge in [0.1, 0.15) is 23.6 Å². The molecule has 1 aliphatic heterocycles. The summed E-state index contributed by atoms with van der Waals surface area (Å²) in [6, 6.07) is 3.80. The molecule has 0 radical (unpaired) electrons. The Kier molecular flexibility index (Phi) is 5.87. The Morgan fingerprint density at radius 3 is 2.79 bits per heavy atom. The second-order valence-corrected chi connectivity index (χ2v) is 8.00. The van der Waals surface area contributed by atoms with Crippen molar-refractivity contribution in [2.45, 2.75) is 32.5 Å². The monoisotopic (exact) mass is 471 g/mol. The molecule has 0 saturated carbocycles. The molecule has 0 spiro atoms. The fourth-order valence-corrected chi connectivity index (χ4v) is 3.58. The van der Waals surface area contributed by atoms with Crippen molar-refractivity contribution in [1.29, 1.82) is 0 Å². The first kappa shape index (κ1) is 23.0. The lowest BCUT2D eigenvalue weighted by atomic mass is 10.1. The van der Waals surface area contributed by atoms with Crippen molar-refractivity contribution in [2.75, 3.05) is 13.7 Å². The smallest absolute Gasteiger partial charge is 0.296 e. The van der Waals surface area contributed by atoms with E-state index in [4.69, 9.17) is 4.74 Å². The molecule has 0 aliphatic carbocycles. The first-order chi connectivity index (χ1) is 16.1. The van der Waals surface area contributed by atoms with Gasteiger partial charge in [-0.2, -0.15) is 0 Å². The first-order valence-corrected chi connectivity index (χ1v) is 10.3. The third kappa shape index (κ3) is 4.12. The normalized spacial score (nSPS) is 14.4. The predicted octanol–water partition coefficient (Wildman–Crippen LogP) is 0.224. The Morgan fingerprint density at radius 2 is 2.06 bits per heavy atom. The number of halogens is 1. The van der Waals surface area contributed by atoms with Crippen molar-refractivity contribution in [3.05, 3.63) is 63.6 Å². The molecule has 178 valence electrons. The Bertz CT molecular complexity index is 1350. The third-order valence-electron chi connectivity index (χ3n) is 5.33. The van der Waals surface area contributed by atoms with E-state index in [0.29, 0.717) is 5.56 Å². The number of rotatable bonds is 5. The van der Waals surface area contributed by atoms with E-state index in [-0.39, 0.29) is 37.0 Å². The van der Waals surface area contributed by atoms with Crippen LogP contribution in [0.3, 0.4) is 0 Å². The van der Waals surface area contributed by atoms with Gasteiger partial charge in [-0.15, -0.1) is 5.10 Å². The van der Waals surface area contributed by atoms with Gasteiger partial charge in [0.2, 0.25) is 11.6 Å². The van der Waals surface area contributed by atoms with Crippen LogP contribution in [0.15, 0.2) is 29.3 Å². The number of aromatic nitrogens is 5. The summed E-state index contributed by atoms with van der Waals surface area (Å²) >= 11 is 0. The highest BCUT2D eigenvalue weighted by molar-refractivity contribution is 5.94. The van der Waals surface area contributed by atoms with Crippen LogP contribution >= 0.6 is 0 Å². The molecule has 13 heteroatoms. The number of nitrogens with one attached hydrogen (secondary N) is 2. The van der Waals surface area contributed by atoms with Gasteiger partial charge in [-0.25, -0.2) is 19.0 Å². The molecule has 1 aromatic carbocycles. The zero-order valence-corrected chi connectivity index (χ0v) is 18.6. The number of nitrogens with zero attached hydrogens (tertiary/aromatic N) is 5. The topological polar surface area (TPSA) is 153 Å². The lowest BCUT2D eigenvalue weighted by molar-refractivity contribution is -0.0566. The molecule has 2 aromatic heterocycles. The molecule has 0 saturated heterocycles. The van der Waals surface area contributed by atoms with Crippen LogP contribution in [0.5, 0.6) is 5.75 Å². The van der Waals surface area contributed by atoms with Crippen LogP contribution in [-0.4, -0.2) is 54.9 Å². The average molecular weight is 471 g/mol. The number of carbonyl (C=O) groups excluding carboxylic acids is 2. The molecule has 4 rings (SSSR count). The number of ether oxygens (including phenoxy) is 1. The highest BCUT2D eigenvalue weighted by Crippen LogP contribution is 2.27. The fraction of sp³-hybridized carbons (Fsp3) is 0.333. The molecule has 0 atom stereocenters. The molecule has 1 aliphatic rings. The number of hydrogen-bond acceptors (Lipinski definition) is 8. The van der Waals surface area contributed by atoms with E-state index in [1.807, 2.05) is 0 Å².